The zero-order valence-electron chi connectivity index (χ0n) is 15.0. The summed E-state index contributed by atoms with van der Waals surface area (Å²) >= 11 is 8.29. The van der Waals surface area contributed by atoms with Crippen LogP contribution in [0.15, 0.2) is 29.3 Å². The second-order valence-corrected chi connectivity index (χ2v) is 9.56. The standard InChI is InChI=1S/C19H25ClN4O2S/c20-15-13-9-19(13)17(22-18(23-19)27-10-14(25)26)21-16(15)11-3-5-12(6-4-11)24-7-1-2-8-24/h3-6,13-16,18,23,25-26H,1-2,7-10H2,(H,21,22). The molecule has 0 bridgehead atoms. The second-order valence-electron chi connectivity index (χ2n) is 7.92. The molecule has 4 aliphatic rings. The molecular weight excluding hydrogens is 384 g/mol. The lowest BCUT2D eigenvalue weighted by atomic mass is 9.95. The number of alkyl halides is 1. The van der Waals surface area contributed by atoms with Gasteiger partial charge in [0.1, 0.15) is 11.3 Å². The number of halogens is 1. The summed E-state index contributed by atoms with van der Waals surface area (Å²) < 4.78 is 0. The highest BCUT2D eigenvalue weighted by atomic mass is 35.5. The van der Waals surface area contributed by atoms with Crippen molar-refractivity contribution in [3.8, 4) is 0 Å². The third-order valence-corrected chi connectivity index (χ3v) is 7.77. The topological polar surface area (TPSA) is 80.1 Å². The number of hydrogen-bond acceptors (Lipinski definition) is 7. The molecule has 2 saturated heterocycles. The Morgan fingerprint density at radius 3 is 2.70 bits per heavy atom. The largest absolute Gasteiger partial charge is 0.372 e. The third kappa shape index (κ3) is 3.13. The predicted octanol–water partition coefficient (Wildman–Crippen LogP) is 1.63. The molecule has 1 saturated carbocycles. The molecule has 1 aliphatic carbocycles. The van der Waals surface area contributed by atoms with E-state index in [1.165, 1.54) is 30.3 Å². The lowest BCUT2D eigenvalue weighted by Gasteiger charge is -2.27. The van der Waals surface area contributed by atoms with Gasteiger partial charge in [-0.3, -0.25) is 10.3 Å². The number of aliphatic hydroxyl groups is 2. The molecule has 1 aromatic rings. The van der Waals surface area contributed by atoms with Gasteiger partial charge in [0.15, 0.2) is 6.29 Å². The maximum atomic E-state index is 9.10. The van der Waals surface area contributed by atoms with Crippen molar-refractivity contribution in [3.63, 3.8) is 0 Å². The number of anilines is 1. The summed E-state index contributed by atoms with van der Waals surface area (Å²) in [5.74, 6) is 1.58. The number of rotatable bonds is 5. The molecule has 4 N–H and O–H groups in total. The Labute approximate surface area is 168 Å². The molecule has 1 spiro atoms. The van der Waals surface area contributed by atoms with Gasteiger partial charge >= 0.3 is 0 Å². The van der Waals surface area contributed by atoms with E-state index in [2.05, 4.69) is 39.8 Å². The maximum absolute atomic E-state index is 9.10. The SMILES string of the molecule is OC(O)CSC1NC2=NC(c3ccc(N4CCCC4)cc3)C(Cl)C3CC23N1. The Kier molecular flexibility index (Phi) is 4.56. The number of nitrogens with one attached hydrogen (secondary N) is 2. The van der Waals surface area contributed by atoms with Crippen LogP contribution in [-0.2, 0) is 0 Å². The molecule has 3 fully saturated rings. The molecule has 3 heterocycles. The number of aliphatic hydroxyl groups excluding tert-OH is 1. The summed E-state index contributed by atoms with van der Waals surface area (Å²) in [6, 6.07) is 8.69. The fraction of sp³-hybridized carbons (Fsp3) is 0.632. The Morgan fingerprint density at radius 1 is 1.26 bits per heavy atom. The van der Waals surface area contributed by atoms with Gasteiger partial charge in [0.25, 0.3) is 0 Å². The van der Waals surface area contributed by atoms with Crippen molar-refractivity contribution in [3.05, 3.63) is 29.8 Å². The van der Waals surface area contributed by atoms with E-state index >= 15 is 0 Å². The van der Waals surface area contributed by atoms with Gasteiger partial charge in [0.2, 0.25) is 0 Å². The Balaban J connectivity index is 1.34. The van der Waals surface area contributed by atoms with Crippen LogP contribution < -0.4 is 15.5 Å². The highest BCUT2D eigenvalue weighted by Gasteiger charge is 2.68. The monoisotopic (exact) mass is 408 g/mol. The molecule has 146 valence electrons. The first-order valence-electron chi connectivity index (χ1n) is 9.66. The third-order valence-electron chi connectivity index (χ3n) is 6.17. The van der Waals surface area contributed by atoms with E-state index in [1.807, 2.05) is 0 Å². The average Bonchev–Trinajstić information content (AvgIpc) is 3.02. The van der Waals surface area contributed by atoms with Gasteiger partial charge < -0.3 is 20.4 Å². The fourth-order valence-corrected chi connectivity index (χ4v) is 6.03. The summed E-state index contributed by atoms with van der Waals surface area (Å²) in [6.07, 6.45) is 2.22. The minimum Gasteiger partial charge on any atom is -0.372 e. The lowest BCUT2D eigenvalue weighted by molar-refractivity contribution is -0.0187. The van der Waals surface area contributed by atoms with E-state index in [0.29, 0.717) is 5.92 Å². The summed E-state index contributed by atoms with van der Waals surface area (Å²) in [4.78, 5) is 7.40. The van der Waals surface area contributed by atoms with E-state index in [0.717, 1.165) is 30.9 Å². The molecular formula is C19H25ClN4O2S. The van der Waals surface area contributed by atoms with E-state index in [1.54, 1.807) is 0 Å². The van der Waals surface area contributed by atoms with E-state index < -0.39 is 6.29 Å². The fourth-order valence-electron chi connectivity index (χ4n) is 4.67. The van der Waals surface area contributed by atoms with Crippen molar-refractivity contribution in [2.45, 2.75) is 48.0 Å². The number of amidine groups is 1. The van der Waals surface area contributed by atoms with Crippen LogP contribution in [0.1, 0.15) is 30.9 Å². The number of nitrogens with zero attached hydrogens (tertiary/aromatic N) is 2. The summed E-state index contributed by atoms with van der Waals surface area (Å²) in [5.41, 5.74) is 2.24. The van der Waals surface area contributed by atoms with Crippen LogP contribution in [0.4, 0.5) is 5.69 Å². The molecule has 5 atom stereocenters. The van der Waals surface area contributed by atoms with Crippen LogP contribution >= 0.6 is 23.4 Å². The molecule has 0 aromatic heterocycles. The molecule has 5 unspecified atom stereocenters. The van der Waals surface area contributed by atoms with Crippen LogP contribution in [0.3, 0.4) is 0 Å². The van der Waals surface area contributed by atoms with Crippen molar-refractivity contribution >= 4 is 34.9 Å². The molecule has 3 aliphatic heterocycles. The van der Waals surface area contributed by atoms with Gasteiger partial charge in [-0.25, -0.2) is 0 Å². The Morgan fingerprint density at radius 2 is 2.00 bits per heavy atom. The number of benzene rings is 1. The summed E-state index contributed by atoms with van der Waals surface area (Å²) in [5, 5.41) is 25.1. The first-order chi connectivity index (χ1) is 13.1. The van der Waals surface area contributed by atoms with Gasteiger partial charge in [-0.1, -0.05) is 12.1 Å². The zero-order valence-corrected chi connectivity index (χ0v) is 16.6. The van der Waals surface area contributed by atoms with Gasteiger partial charge in [0, 0.05) is 30.4 Å². The summed E-state index contributed by atoms with van der Waals surface area (Å²) in [7, 11) is 0. The van der Waals surface area contributed by atoms with Crippen molar-refractivity contribution in [1.29, 1.82) is 0 Å². The number of thioether (sulfide) groups is 1. The number of hydrogen-bond donors (Lipinski definition) is 4. The van der Waals surface area contributed by atoms with Crippen molar-refractivity contribution in [2.24, 2.45) is 10.9 Å². The molecule has 6 nitrogen and oxygen atoms in total. The second kappa shape index (κ2) is 6.81. The van der Waals surface area contributed by atoms with Crippen molar-refractivity contribution in [1.82, 2.24) is 10.6 Å². The smallest absolute Gasteiger partial charge is 0.160 e. The van der Waals surface area contributed by atoms with Crippen molar-refractivity contribution in [2.75, 3.05) is 23.7 Å². The van der Waals surface area contributed by atoms with E-state index in [9.17, 15) is 0 Å². The quantitative estimate of drug-likeness (QED) is 0.438. The summed E-state index contributed by atoms with van der Waals surface area (Å²) in [6.45, 7) is 2.29. The molecule has 0 radical (unpaired) electrons. The normalized spacial score (nSPS) is 37.0. The first-order valence-corrected chi connectivity index (χ1v) is 11.1. The van der Waals surface area contributed by atoms with Crippen molar-refractivity contribution < 1.29 is 10.2 Å². The van der Waals surface area contributed by atoms with Gasteiger partial charge in [0.05, 0.1) is 17.0 Å². The zero-order chi connectivity index (χ0) is 18.6. The minimum atomic E-state index is -1.31. The van der Waals surface area contributed by atoms with Crippen LogP contribution in [0.25, 0.3) is 0 Å². The van der Waals surface area contributed by atoms with Crippen LogP contribution in [0, 0.1) is 5.92 Å². The Bertz CT molecular complexity index is 740. The first kappa shape index (κ1) is 18.1. The van der Waals surface area contributed by atoms with Gasteiger partial charge in [-0.2, -0.15) is 0 Å². The van der Waals surface area contributed by atoms with E-state index in [4.69, 9.17) is 26.8 Å². The van der Waals surface area contributed by atoms with Crippen LogP contribution in [0.5, 0.6) is 0 Å². The van der Waals surface area contributed by atoms with Crippen LogP contribution in [0.2, 0.25) is 0 Å². The highest BCUT2D eigenvalue weighted by molar-refractivity contribution is 7.99. The van der Waals surface area contributed by atoms with Gasteiger partial charge in [-0.05, 0) is 37.0 Å². The number of aliphatic imine (C=N–C) groups is 1. The molecule has 0 amide bonds. The predicted molar refractivity (Wildman–Crippen MR) is 109 cm³/mol. The maximum Gasteiger partial charge on any atom is 0.160 e. The molecule has 1 aromatic carbocycles. The van der Waals surface area contributed by atoms with Crippen LogP contribution in [-0.4, -0.2) is 57.6 Å². The Hall–Kier alpha value is -0.990. The lowest BCUT2D eigenvalue weighted by Crippen LogP contribution is -2.41. The van der Waals surface area contributed by atoms with E-state index in [-0.39, 0.29) is 28.2 Å². The highest BCUT2D eigenvalue weighted by Crippen LogP contribution is 2.57. The van der Waals surface area contributed by atoms with Gasteiger partial charge in [-0.15, -0.1) is 23.4 Å². The molecule has 8 heteroatoms. The average molecular weight is 409 g/mol. The molecule has 27 heavy (non-hydrogen) atoms. The minimum absolute atomic E-state index is 0.0344. The molecule has 5 rings (SSSR count).